The van der Waals surface area contributed by atoms with Gasteiger partial charge < -0.3 is 5.11 Å². The van der Waals surface area contributed by atoms with Crippen LogP contribution in [0.3, 0.4) is 0 Å². The Bertz CT molecular complexity index is 316. The molecule has 1 aromatic carbocycles. The highest BCUT2D eigenvalue weighted by atomic mass is 32.2. The molecule has 6 heteroatoms. The summed E-state index contributed by atoms with van der Waals surface area (Å²) >= 11 is 0.609. The first-order valence-corrected chi connectivity index (χ1v) is 4.88. The van der Waals surface area contributed by atoms with E-state index in [0.717, 1.165) is 5.56 Å². The van der Waals surface area contributed by atoms with Gasteiger partial charge in [-0.15, -0.1) is 0 Å². The zero-order valence-electron chi connectivity index (χ0n) is 7.98. The maximum atomic E-state index is 12.1. The fraction of sp³-hybridized carbons (Fsp3) is 0.333. The molecule has 1 atom stereocenters. The van der Waals surface area contributed by atoms with Crippen LogP contribution >= 0.6 is 12.0 Å². The van der Waals surface area contributed by atoms with Gasteiger partial charge >= 0.3 is 0 Å². The first kappa shape index (κ1) is 12.5. The van der Waals surface area contributed by atoms with E-state index in [0.29, 0.717) is 16.9 Å². The molecule has 2 radical (unpaired) electrons. The van der Waals surface area contributed by atoms with Gasteiger partial charge in [0.25, 0.3) is 6.43 Å². The lowest BCUT2D eigenvalue weighted by atomic mass is 9.96. The molecule has 0 bridgehead atoms. The highest BCUT2D eigenvalue weighted by molar-refractivity contribution is 7.94. The van der Waals surface area contributed by atoms with Crippen molar-refractivity contribution >= 4 is 19.9 Å². The lowest BCUT2D eigenvalue weighted by molar-refractivity contribution is -0.149. The van der Waals surface area contributed by atoms with E-state index in [1.165, 1.54) is 0 Å². The van der Waals surface area contributed by atoms with E-state index in [1.54, 1.807) is 24.3 Å². The highest BCUT2D eigenvalue weighted by Gasteiger charge is 2.33. The molecule has 0 aliphatic carbocycles. The second-order valence-corrected chi connectivity index (χ2v) is 3.84. The summed E-state index contributed by atoms with van der Waals surface area (Å²) in [4.78, 5) is 0.588. The Morgan fingerprint density at radius 2 is 1.93 bits per heavy atom. The molecule has 1 N–H and O–H groups in total. The molecule has 0 heterocycles. The van der Waals surface area contributed by atoms with Crippen LogP contribution in [0.15, 0.2) is 29.2 Å². The molecule has 0 saturated carbocycles. The molecule has 0 spiro atoms. The van der Waals surface area contributed by atoms with Crippen molar-refractivity contribution in [1.82, 2.24) is 0 Å². The largest absolute Gasteiger partial charge is 0.368 e. The fourth-order valence-corrected chi connectivity index (χ4v) is 1.29. The van der Waals surface area contributed by atoms with Crippen LogP contribution in [0.1, 0.15) is 5.56 Å². The third-order valence-corrected chi connectivity index (χ3v) is 2.42. The Kier molecular flexibility index (Phi) is 4.13. The van der Waals surface area contributed by atoms with Crippen LogP contribution in [0.25, 0.3) is 0 Å². The van der Waals surface area contributed by atoms with Gasteiger partial charge in [-0.3, -0.25) is 4.18 Å². The van der Waals surface area contributed by atoms with Crippen molar-refractivity contribution in [3.8, 4) is 0 Å². The van der Waals surface area contributed by atoms with Gasteiger partial charge in [-0.2, -0.15) is 0 Å². The van der Waals surface area contributed by atoms with Crippen molar-refractivity contribution in [2.24, 2.45) is 0 Å². The van der Waals surface area contributed by atoms with Gasteiger partial charge in [-0.25, -0.2) is 8.78 Å². The highest BCUT2D eigenvalue weighted by Crippen LogP contribution is 2.26. The molecular weight excluding hydrogens is 221 g/mol. The average molecular weight is 230 g/mol. The number of benzene rings is 1. The predicted octanol–water partition coefficient (Wildman–Crippen LogP) is 2.10. The standard InChI is InChI=1S/C9H9BF2O2S/c1-6-2-4-7(5-3-6)15-14-9(10,13)8(11)12/h2-5,8,13H,1H3. The third kappa shape index (κ3) is 3.81. The van der Waals surface area contributed by atoms with Gasteiger partial charge in [0.1, 0.15) is 0 Å². The fourth-order valence-electron chi connectivity index (χ4n) is 0.745. The van der Waals surface area contributed by atoms with Gasteiger partial charge in [0.15, 0.2) is 13.5 Å². The lowest BCUT2D eigenvalue weighted by Gasteiger charge is -2.21. The van der Waals surface area contributed by atoms with Crippen molar-refractivity contribution in [1.29, 1.82) is 0 Å². The summed E-state index contributed by atoms with van der Waals surface area (Å²) in [6.45, 7) is 1.90. The topological polar surface area (TPSA) is 29.5 Å². The number of halogens is 2. The van der Waals surface area contributed by atoms with Gasteiger partial charge in [-0.1, -0.05) is 17.7 Å². The Morgan fingerprint density at radius 1 is 1.40 bits per heavy atom. The van der Waals surface area contributed by atoms with Crippen LogP contribution in [-0.4, -0.2) is 25.1 Å². The molecular formula is C9H9BF2O2S. The molecule has 1 aromatic rings. The van der Waals surface area contributed by atoms with Crippen LogP contribution in [0.4, 0.5) is 8.78 Å². The molecule has 80 valence electrons. The maximum absolute atomic E-state index is 12.1. The summed E-state index contributed by atoms with van der Waals surface area (Å²) < 4.78 is 28.5. The summed E-state index contributed by atoms with van der Waals surface area (Å²) in [6, 6.07) is 6.95. The first-order chi connectivity index (χ1) is 6.92. The maximum Gasteiger partial charge on any atom is 0.282 e. The normalized spacial score (nSPS) is 15.3. The van der Waals surface area contributed by atoms with Crippen LogP contribution in [0.5, 0.6) is 0 Å². The Labute approximate surface area is 92.2 Å². The quantitative estimate of drug-likeness (QED) is 0.488. The van der Waals surface area contributed by atoms with E-state index >= 15 is 0 Å². The minimum Gasteiger partial charge on any atom is -0.368 e. The number of hydrogen-bond acceptors (Lipinski definition) is 3. The molecule has 0 aliphatic heterocycles. The molecule has 0 fully saturated rings. The van der Waals surface area contributed by atoms with Crippen LogP contribution in [0.2, 0.25) is 0 Å². The van der Waals surface area contributed by atoms with Crippen LogP contribution < -0.4 is 0 Å². The Balaban J connectivity index is 2.54. The van der Waals surface area contributed by atoms with Crippen molar-refractivity contribution < 1.29 is 18.1 Å². The monoisotopic (exact) mass is 230 g/mol. The molecule has 1 rings (SSSR count). The van der Waals surface area contributed by atoms with E-state index in [2.05, 4.69) is 4.18 Å². The lowest BCUT2D eigenvalue weighted by Crippen LogP contribution is -2.38. The number of hydrogen-bond donors (Lipinski definition) is 1. The summed E-state index contributed by atoms with van der Waals surface area (Å²) in [5.74, 6) is 0. The minimum atomic E-state index is -3.16. The summed E-state index contributed by atoms with van der Waals surface area (Å²) in [7, 11) is 4.80. The van der Waals surface area contributed by atoms with E-state index < -0.39 is 12.1 Å². The summed E-state index contributed by atoms with van der Waals surface area (Å²) in [5, 5.41) is 8.89. The number of rotatable bonds is 4. The molecule has 0 aromatic heterocycles. The molecule has 0 amide bonds. The minimum absolute atomic E-state index is 0.588. The third-order valence-electron chi connectivity index (χ3n) is 1.61. The molecule has 0 aliphatic rings. The summed E-state index contributed by atoms with van der Waals surface area (Å²) in [5.41, 5.74) is -1.88. The van der Waals surface area contributed by atoms with Gasteiger partial charge in [0.05, 0.1) is 0 Å². The number of alkyl halides is 2. The zero-order chi connectivity index (χ0) is 11.5. The van der Waals surface area contributed by atoms with Crippen molar-refractivity contribution in [2.75, 3.05) is 0 Å². The van der Waals surface area contributed by atoms with Crippen LogP contribution in [-0.2, 0) is 4.18 Å². The van der Waals surface area contributed by atoms with Crippen molar-refractivity contribution in [2.45, 2.75) is 23.9 Å². The second kappa shape index (κ2) is 4.96. The molecule has 1 unspecified atom stereocenters. The van der Waals surface area contributed by atoms with Crippen LogP contribution in [0, 0.1) is 6.92 Å². The molecule has 2 nitrogen and oxygen atoms in total. The number of aryl methyl sites for hydroxylation is 1. The second-order valence-electron chi connectivity index (χ2n) is 3.03. The smallest absolute Gasteiger partial charge is 0.282 e. The van der Waals surface area contributed by atoms with Gasteiger partial charge in [0, 0.05) is 16.9 Å². The number of aliphatic hydroxyl groups is 1. The van der Waals surface area contributed by atoms with E-state index in [-0.39, 0.29) is 0 Å². The van der Waals surface area contributed by atoms with E-state index in [9.17, 15) is 8.78 Å². The van der Waals surface area contributed by atoms with Crippen molar-refractivity contribution in [3.63, 3.8) is 0 Å². The van der Waals surface area contributed by atoms with Crippen molar-refractivity contribution in [3.05, 3.63) is 29.8 Å². The molecule has 0 saturated heterocycles. The first-order valence-electron chi connectivity index (χ1n) is 4.13. The predicted molar refractivity (Wildman–Crippen MR) is 54.8 cm³/mol. The Morgan fingerprint density at radius 3 is 2.40 bits per heavy atom. The summed E-state index contributed by atoms with van der Waals surface area (Å²) in [6.07, 6.45) is -3.16. The van der Waals surface area contributed by atoms with E-state index in [4.69, 9.17) is 13.0 Å². The van der Waals surface area contributed by atoms with E-state index in [1.807, 2.05) is 6.92 Å². The SMILES string of the molecule is [B]C(O)(OSc1ccc(C)cc1)C(F)F. The molecule has 15 heavy (non-hydrogen) atoms. The zero-order valence-corrected chi connectivity index (χ0v) is 8.80. The van der Waals surface area contributed by atoms with Gasteiger partial charge in [0.2, 0.25) is 0 Å². The van der Waals surface area contributed by atoms with Gasteiger partial charge in [-0.05, 0) is 19.1 Å². The Hall–Kier alpha value is -0.585. The average Bonchev–Trinajstić information content (AvgIpc) is 2.17.